The summed E-state index contributed by atoms with van der Waals surface area (Å²) in [7, 11) is 2.10. The van der Waals surface area contributed by atoms with Crippen LogP contribution in [0.15, 0.2) is 16.9 Å². The molecule has 0 aromatic rings. The van der Waals surface area contributed by atoms with Crippen molar-refractivity contribution < 1.29 is 14.4 Å². The highest BCUT2D eigenvalue weighted by Gasteiger charge is 2.59. The van der Waals surface area contributed by atoms with E-state index in [-0.39, 0.29) is 0 Å². The summed E-state index contributed by atoms with van der Waals surface area (Å²) in [5, 5.41) is 25.4. The van der Waals surface area contributed by atoms with Gasteiger partial charge in [0.2, 0.25) is 5.70 Å². The molecule has 5 heteroatoms. The van der Waals surface area contributed by atoms with Crippen LogP contribution in [-0.4, -0.2) is 48.3 Å². The van der Waals surface area contributed by atoms with Gasteiger partial charge in [-0.3, -0.25) is 0 Å². The number of allylic oxidation sites excluding steroid dienone is 2. The van der Waals surface area contributed by atoms with Crippen LogP contribution >= 0.6 is 0 Å². The van der Waals surface area contributed by atoms with Gasteiger partial charge in [0.25, 0.3) is 0 Å². The molecular formula is C29H46N3O2+. The molecule has 4 saturated carbocycles. The molecule has 1 N–H and O–H groups in total. The van der Waals surface area contributed by atoms with Gasteiger partial charge in [0.15, 0.2) is 6.07 Å². The van der Waals surface area contributed by atoms with Crippen LogP contribution in [0, 0.1) is 58.2 Å². The lowest BCUT2D eigenvalue weighted by molar-refractivity contribution is -0.876. The fourth-order valence-electron chi connectivity index (χ4n) is 9.81. The Morgan fingerprint density at radius 2 is 1.97 bits per heavy atom. The lowest BCUT2D eigenvalue weighted by Crippen LogP contribution is -2.52. The van der Waals surface area contributed by atoms with Gasteiger partial charge in [0.1, 0.15) is 6.54 Å². The van der Waals surface area contributed by atoms with Gasteiger partial charge in [-0.25, -0.2) is 0 Å². The molecule has 5 aliphatic rings. The zero-order chi connectivity index (χ0) is 24.1. The van der Waals surface area contributed by atoms with E-state index in [1.807, 2.05) is 19.2 Å². The molecule has 0 radical (unpaired) electrons. The van der Waals surface area contributed by atoms with Gasteiger partial charge in [-0.1, -0.05) is 18.9 Å². The SMILES string of the molecule is CCOC[C@@]1(O)CC[C@H]2[C@H](CC[C@@H]3[C@@H]2CC[C@]2(C)C(C(C)C[N+]4(C)N=CC=C4C#N)CC[C@@H]32)C1. The van der Waals surface area contributed by atoms with Crippen molar-refractivity contribution in [3.63, 3.8) is 0 Å². The van der Waals surface area contributed by atoms with Gasteiger partial charge in [0.05, 0.1) is 25.5 Å². The number of fused-ring (bicyclic) bond motifs is 5. The van der Waals surface area contributed by atoms with Crippen molar-refractivity contribution in [2.75, 3.05) is 26.8 Å². The van der Waals surface area contributed by atoms with Crippen LogP contribution in [0.3, 0.4) is 0 Å². The first-order valence-electron chi connectivity index (χ1n) is 14.1. The molecule has 5 nitrogen and oxygen atoms in total. The molecule has 34 heavy (non-hydrogen) atoms. The average Bonchev–Trinajstić information content (AvgIpc) is 3.36. The molecule has 4 aliphatic carbocycles. The van der Waals surface area contributed by atoms with E-state index in [4.69, 9.17) is 4.74 Å². The maximum Gasteiger partial charge on any atom is 0.238 e. The minimum atomic E-state index is -0.588. The average molecular weight is 469 g/mol. The summed E-state index contributed by atoms with van der Waals surface area (Å²) in [4.78, 5) is 0. The summed E-state index contributed by atoms with van der Waals surface area (Å²) < 4.78 is 6.08. The van der Waals surface area contributed by atoms with Crippen molar-refractivity contribution >= 4 is 6.21 Å². The molecule has 0 amide bonds. The van der Waals surface area contributed by atoms with E-state index < -0.39 is 5.60 Å². The third-order valence-electron chi connectivity index (χ3n) is 11.3. The highest BCUT2D eigenvalue weighted by atomic mass is 16.5. The number of hydrogen-bond acceptors (Lipinski definition) is 4. The lowest BCUT2D eigenvalue weighted by atomic mass is 9.48. The highest BCUT2D eigenvalue weighted by Crippen LogP contribution is 2.65. The second kappa shape index (κ2) is 9.02. The Hall–Kier alpha value is -1.22. The fraction of sp³-hybridized carbons (Fsp3) is 0.862. The summed E-state index contributed by atoms with van der Waals surface area (Å²) >= 11 is 0. The lowest BCUT2D eigenvalue weighted by Gasteiger charge is -2.57. The molecule has 0 bridgehead atoms. The van der Waals surface area contributed by atoms with Gasteiger partial charge in [-0.15, -0.1) is 0 Å². The van der Waals surface area contributed by atoms with Crippen LogP contribution in [-0.2, 0) is 4.74 Å². The maximum absolute atomic E-state index is 11.1. The molecule has 1 aliphatic heterocycles. The highest BCUT2D eigenvalue weighted by molar-refractivity contribution is 5.73. The van der Waals surface area contributed by atoms with Gasteiger partial charge in [0, 0.05) is 18.6 Å². The van der Waals surface area contributed by atoms with Crippen molar-refractivity contribution in [3.8, 4) is 6.07 Å². The molecule has 0 aromatic heterocycles. The van der Waals surface area contributed by atoms with Gasteiger partial charge in [-0.05, 0) is 106 Å². The quantitative estimate of drug-likeness (QED) is 0.523. The van der Waals surface area contributed by atoms with Gasteiger partial charge >= 0.3 is 0 Å². The second-order valence-electron chi connectivity index (χ2n) is 13.0. The fourth-order valence-corrected chi connectivity index (χ4v) is 9.81. The molecule has 188 valence electrons. The summed E-state index contributed by atoms with van der Waals surface area (Å²) in [6.45, 7) is 9.21. The van der Waals surface area contributed by atoms with Crippen LogP contribution in [0.1, 0.15) is 78.6 Å². The molecule has 4 fully saturated rings. The van der Waals surface area contributed by atoms with Crippen molar-refractivity contribution in [2.45, 2.75) is 84.2 Å². The molecule has 1 heterocycles. The van der Waals surface area contributed by atoms with Crippen molar-refractivity contribution in [1.82, 2.24) is 0 Å². The number of rotatable bonds is 6. The number of nitriles is 1. The molecule has 5 rings (SSSR count). The van der Waals surface area contributed by atoms with E-state index in [0.717, 1.165) is 54.7 Å². The largest absolute Gasteiger partial charge is 0.387 e. The summed E-state index contributed by atoms with van der Waals surface area (Å²) in [5.41, 5.74) is 0.612. The molecule has 0 saturated heterocycles. The van der Waals surface area contributed by atoms with E-state index in [1.165, 1.54) is 44.9 Å². The first-order valence-corrected chi connectivity index (χ1v) is 14.1. The van der Waals surface area contributed by atoms with E-state index in [1.54, 1.807) is 0 Å². The van der Waals surface area contributed by atoms with Crippen LogP contribution in [0.25, 0.3) is 0 Å². The first-order chi connectivity index (χ1) is 16.2. The van der Waals surface area contributed by atoms with Crippen LogP contribution < -0.4 is 0 Å². The van der Waals surface area contributed by atoms with E-state index in [0.29, 0.717) is 35.1 Å². The topological polar surface area (TPSA) is 65.6 Å². The Morgan fingerprint density at radius 1 is 1.18 bits per heavy atom. The normalized spacial score (nSPS) is 48.4. The maximum atomic E-state index is 11.1. The molecule has 3 unspecified atom stereocenters. The van der Waals surface area contributed by atoms with Crippen molar-refractivity contribution in [1.29, 1.82) is 5.26 Å². The number of nitrogens with zero attached hydrogens (tertiary/aromatic N) is 3. The van der Waals surface area contributed by atoms with Crippen molar-refractivity contribution in [3.05, 3.63) is 11.8 Å². The van der Waals surface area contributed by atoms with Gasteiger partial charge in [-0.2, -0.15) is 9.85 Å². The monoisotopic (exact) mass is 468 g/mol. The third-order valence-corrected chi connectivity index (χ3v) is 11.3. The smallest absolute Gasteiger partial charge is 0.238 e. The van der Waals surface area contributed by atoms with Crippen LogP contribution in [0.5, 0.6) is 0 Å². The van der Waals surface area contributed by atoms with Crippen LogP contribution in [0.4, 0.5) is 0 Å². The third kappa shape index (κ3) is 3.98. The van der Waals surface area contributed by atoms with E-state index in [2.05, 4.69) is 32.1 Å². The first kappa shape index (κ1) is 24.5. The zero-order valence-electron chi connectivity index (χ0n) is 21.9. The molecular weight excluding hydrogens is 422 g/mol. The summed E-state index contributed by atoms with van der Waals surface area (Å²) in [6.07, 6.45) is 14.9. The van der Waals surface area contributed by atoms with Crippen molar-refractivity contribution in [2.24, 2.45) is 51.9 Å². The number of quaternary nitrogens is 1. The number of aliphatic hydroxyl groups is 1. The number of ether oxygens (including phenoxy) is 1. The minimum Gasteiger partial charge on any atom is -0.387 e. The zero-order valence-corrected chi connectivity index (χ0v) is 21.9. The van der Waals surface area contributed by atoms with Crippen LogP contribution in [0.2, 0.25) is 0 Å². The Bertz CT molecular complexity index is 879. The summed E-state index contributed by atoms with van der Waals surface area (Å²) in [6, 6.07) is 2.38. The Labute approximate surface area is 206 Å². The Balaban J connectivity index is 1.27. The van der Waals surface area contributed by atoms with E-state index in [9.17, 15) is 10.4 Å². The molecule has 0 spiro atoms. The molecule has 10 atom stereocenters. The predicted molar refractivity (Wildman–Crippen MR) is 134 cm³/mol. The Kier molecular flexibility index (Phi) is 6.49. The predicted octanol–water partition coefficient (Wildman–Crippen LogP) is 5.51. The molecule has 0 aromatic carbocycles. The minimum absolute atomic E-state index is 0.426. The van der Waals surface area contributed by atoms with E-state index >= 15 is 0 Å². The second-order valence-corrected chi connectivity index (χ2v) is 13.0. The summed E-state index contributed by atoms with van der Waals surface area (Å²) in [5.74, 6) is 5.38. The standard InChI is InChI=1S/C29H46N3O2/c1-5-34-19-29(33)14-11-23-21(16-29)6-7-25-24(23)10-13-28(3)26(8-9-27(25)28)20(2)18-32(4)22(17-30)12-15-31-32/h12,15,20-21,23-27,33H,5-11,13-14,16,18-19H2,1-4H3/q+1/t20?,21-,23+,24-,25-,26?,27+,28-,29-,32?/m1/s1. The Morgan fingerprint density at radius 3 is 2.74 bits per heavy atom. The number of hydrogen-bond donors (Lipinski definition) is 1. The van der Waals surface area contributed by atoms with Gasteiger partial charge < -0.3 is 9.84 Å².